The van der Waals surface area contributed by atoms with E-state index in [2.05, 4.69) is 205 Å². The number of thiophene rings is 1. The Labute approximate surface area is 307 Å². The summed E-state index contributed by atoms with van der Waals surface area (Å²) in [6.45, 7) is 0. The summed E-state index contributed by atoms with van der Waals surface area (Å²) in [5, 5.41) is 7.67. The molecule has 0 radical (unpaired) electrons. The van der Waals surface area contributed by atoms with Gasteiger partial charge in [-0.25, -0.2) is 0 Å². The maximum atomic E-state index is 2.44. The summed E-state index contributed by atoms with van der Waals surface area (Å²) in [7, 11) is 0. The van der Waals surface area contributed by atoms with E-state index in [-0.39, 0.29) is 0 Å². The molecule has 0 amide bonds. The van der Waals surface area contributed by atoms with Gasteiger partial charge in [-0.15, -0.1) is 11.3 Å². The molecule has 52 heavy (non-hydrogen) atoms. The van der Waals surface area contributed by atoms with Crippen LogP contribution in [0, 0.1) is 0 Å². The second-order valence-electron chi connectivity index (χ2n) is 13.3. The minimum atomic E-state index is 1.12. The fraction of sp³-hybridized carbons (Fsp3) is 0. The van der Waals surface area contributed by atoms with Gasteiger partial charge in [0.25, 0.3) is 0 Å². The van der Waals surface area contributed by atoms with E-state index < -0.39 is 0 Å². The van der Waals surface area contributed by atoms with Crippen molar-refractivity contribution < 1.29 is 0 Å². The van der Waals surface area contributed by atoms with Crippen molar-refractivity contribution in [3.8, 4) is 33.4 Å². The first-order chi connectivity index (χ1) is 25.8. The standard InChI is InChI=1S/C50H33NS/c1-3-14-34(15-4-1)36-28-30-39(31-29-36)51(40-21-11-20-38(32-40)35-16-5-2-6-17-35)48-27-13-26-45-47-33-46(42-25-12-19-37-18-7-8-22-41(37)42)43-23-9-10-24-44(43)49(47)52-50(45)48/h1-33H. The Morgan fingerprint density at radius 2 is 0.865 bits per heavy atom. The summed E-state index contributed by atoms with van der Waals surface area (Å²) >= 11 is 1.90. The maximum absolute atomic E-state index is 2.44. The van der Waals surface area contributed by atoms with Crippen molar-refractivity contribution >= 4 is 70.1 Å². The van der Waals surface area contributed by atoms with E-state index in [0.717, 1.165) is 11.4 Å². The molecule has 1 nitrogen and oxygen atoms in total. The Morgan fingerprint density at radius 1 is 0.308 bits per heavy atom. The van der Waals surface area contributed by atoms with Crippen LogP contribution < -0.4 is 4.90 Å². The first-order valence-electron chi connectivity index (χ1n) is 17.8. The second-order valence-corrected chi connectivity index (χ2v) is 14.3. The van der Waals surface area contributed by atoms with E-state index in [1.165, 1.54) is 80.8 Å². The zero-order valence-corrected chi connectivity index (χ0v) is 29.2. The van der Waals surface area contributed by atoms with Crippen molar-refractivity contribution in [1.82, 2.24) is 0 Å². The zero-order chi connectivity index (χ0) is 34.4. The van der Waals surface area contributed by atoms with Gasteiger partial charge in [-0.2, -0.15) is 0 Å². The minimum absolute atomic E-state index is 1.12. The average molecular weight is 680 g/mol. The van der Waals surface area contributed by atoms with Gasteiger partial charge >= 0.3 is 0 Å². The average Bonchev–Trinajstić information content (AvgIpc) is 3.61. The van der Waals surface area contributed by atoms with Crippen molar-refractivity contribution in [3.05, 3.63) is 200 Å². The molecular formula is C50H33NS. The molecule has 10 aromatic rings. The highest BCUT2D eigenvalue weighted by atomic mass is 32.1. The minimum Gasteiger partial charge on any atom is -0.309 e. The molecule has 9 aromatic carbocycles. The number of benzene rings is 9. The van der Waals surface area contributed by atoms with Crippen LogP contribution in [-0.4, -0.2) is 0 Å². The molecule has 0 saturated heterocycles. The first kappa shape index (κ1) is 30.4. The molecule has 0 unspecified atom stereocenters. The van der Waals surface area contributed by atoms with Gasteiger partial charge in [-0.1, -0.05) is 164 Å². The summed E-state index contributed by atoms with van der Waals surface area (Å²) in [4.78, 5) is 2.44. The number of hydrogen-bond acceptors (Lipinski definition) is 2. The summed E-state index contributed by atoms with van der Waals surface area (Å²) < 4.78 is 2.59. The van der Waals surface area contributed by atoms with Gasteiger partial charge in [0, 0.05) is 32.2 Å². The molecule has 1 heterocycles. The summed E-state index contributed by atoms with van der Waals surface area (Å²) in [6.07, 6.45) is 0. The molecule has 0 bridgehead atoms. The highest BCUT2D eigenvalue weighted by molar-refractivity contribution is 7.27. The normalized spacial score (nSPS) is 11.5. The van der Waals surface area contributed by atoms with Crippen LogP contribution in [0.5, 0.6) is 0 Å². The summed E-state index contributed by atoms with van der Waals surface area (Å²) in [5.41, 5.74) is 10.8. The highest BCUT2D eigenvalue weighted by Gasteiger charge is 2.21. The van der Waals surface area contributed by atoms with E-state index in [1.54, 1.807) is 0 Å². The van der Waals surface area contributed by atoms with Crippen LogP contribution >= 0.6 is 11.3 Å². The van der Waals surface area contributed by atoms with Crippen LogP contribution in [0.25, 0.3) is 75.1 Å². The molecule has 244 valence electrons. The highest BCUT2D eigenvalue weighted by Crippen LogP contribution is 2.49. The third-order valence-corrected chi connectivity index (χ3v) is 11.5. The summed E-state index contributed by atoms with van der Waals surface area (Å²) in [5.74, 6) is 0. The number of fused-ring (bicyclic) bond motifs is 6. The number of rotatable bonds is 6. The third-order valence-electron chi connectivity index (χ3n) is 10.2. The first-order valence-corrected chi connectivity index (χ1v) is 18.6. The topological polar surface area (TPSA) is 3.24 Å². The van der Waals surface area contributed by atoms with Crippen LogP contribution in [0.1, 0.15) is 0 Å². The predicted molar refractivity (Wildman–Crippen MR) is 225 cm³/mol. The van der Waals surface area contributed by atoms with Crippen molar-refractivity contribution in [1.29, 1.82) is 0 Å². The van der Waals surface area contributed by atoms with Crippen molar-refractivity contribution in [2.75, 3.05) is 4.90 Å². The number of hydrogen-bond donors (Lipinski definition) is 0. The van der Waals surface area contributed by atoms with Gasteiger partial charge in [-0.3, -0.25) is 0 Å². The smallest absolute Gasteiger partial charge is 0.0640 e. The fourth-order valence-corrected chi connectivity index (χ4v) is 9.10. The lowest BCUT2D eigenvalue weighted by molar-refractivity contribution is 1.30. The molecule has 0 saturated carbocycles. The molecule has 0 aliphatic rings. The maximum Gasteiger partial charge on any atom is 0.0640 e. The van der Waals surface area contributed by atoms with Crippen LogP contribution in [0.3, 0.4) is 0 Å². The molecule has 0 spiro atoms. The molecule has 0 atom stereocenters. The van der Waals surface area contributed by atoms with Gasteiger partial charge in [0.2, 0.25) is 0 Å². The van der Waals surface area contributed by atoms with Gasteiger partial charge in [0.05, 0.1) is 10.4 Å². The molecule has 0 N–H and O–H groups in total. The second kappa shape index (κ2) is 12.7. The summed E-state index contributed by atoms with van der Waals surface area (Å²) in [6, 6.07) is 72.8. The molecule has 1 aromatic heterocycles. The quantitative estimate of drug-likeness (QED) is 0.169. The lowest BCUT2D eigenvalue weighted by atomic mass is 9.92. The Bertz CT molecular complexity index is 2880. The van der Waals surface area contributed by atoms with Gasteiger partial charge in [0.1, 0.15) is 0 Å². The SMILES string of the molecule is c1ccc(-c2ccc(N(c3cccc(-c4ccccc4)c3)c3cccc4c3sc3c5ccccc5c(-c5cccc6ccccc56)cc43)cc2)cc1. The Balaban J connectivity index is 1.21. The van der Waals surface area contributed by atoms with Crippen LogP contribution in [0.4, 0.5) is 17.1 Å². The Morgan fingerprint density at radius 3 is 1.65 bits per heavy atom. The van der Waals surface area contributed by atoms with E-state index in [0.29, 0.717) is 0 Å². The molecule has 0 fully saturated rings. The van der Waals surface area contributed by atoms with Gasteiger partial charge in [0.15, 0.2) is 0 Å². The molecule has 10 rings (SSSR count). The Hall–Kier alpha value is -6.48. The largest absolute Gasteiger partial charge is 0.309 e. The van der Waals surface area contributed by atoms with Crippen molar-refractivity contribution in [2.45, 2.75) is 0 Å². The Kier molecular flexibility index (Phi) is 7.41. The lowest BCUT2D eigenvalue weighted by Gasteiger charge is -2.27. The monoisotopic (exact) mass is 679 g/mol. The molecule has 0 aliphatic heterocycles. The lowest BCUT2D eigenvalue weighted by Crippen LogP contribution is -2.10. The van der Waals surface area contributed by atoms with Crippen LogP contribution in [-0.2, 0) is 0 Å². The molecule has 0 aliphatic carbocycles. The van der Waals surface area contributed by atoms with E-state index in [1.807, 2.05) is 11.3 Å². The third kappa shape index (κ3) is 5.16. The molecule has 2 heteroatoms. The fourth-order valence-electron chi connectivity index (χ4n) is 7.78. The number of nitrogens with zero attached hydrogens (tertiary/aromatic N) is 1. The van der Waals surface area contributed by atoms with Crippen molar-refractivity contribution in [2.24, 2.45) is 0 Å². The van der Waals surface area contributed by atoms with E-state index in [4.69, 9.17) is 0 Å². The van der Waals surface area contributed by atoms with Crippen molar-refractivity contribution in [3.63, 3.8) is 0 Å². The van der Waals surface area contributed by atoms with E-state index >= 15 is 0 Å². The number of anilines is 3. The van der Waals surface area contributed by atoms with Gasteiger partial charge in [-0.05, 0) is 85.9 Å². The predicted octanol–water partition coefficient (Wildman–Crippen LogP) is 14.8. The van der Waals surface area contributed by atoms with E-state index in [9.17, 15) is 0 Å². The van der Waals surface area contributed by atoms with Crippen LogP contribution in [0.15, 0.2) is 200 Å². The van der Waals surface area contributed by atoms with Crippen LogP contribution in [0.2, 0.25) is 0 Å². The molecular weight excluding hydrogens is 647 g/mol. The van der Waals surface area contributed by atoms with Gasteiger partial charge < -0.3 is 4.90 Å². The zero-order valence-electron chi connectivity index (χ0n) is 28.4.